The van der Waals surface area contributed by atoms with Crippen molar-refractivity contribution in [1.29, 1.82) is 0 Å². The van der Waals surface area contributed by atoms with Crippen LogP contribution in [0.3, 0.4) is 0 Å². The van der Waals surface area contributed by atoms with Gasteiger partial charge in [0.2, 0.25) is 15.7 Å². The lowest BCUT2D eigenvalue weighted by atomic mass is 9.96. The van der Waals surface area contributed by atoms with E-state index in [-0.39, 0.29) is 34.5 Å². The van der Waals surface area contributed by atoms with E-state index in [1.165, 1.54) is 31.3 Å². The summed E-state index contributed by atoms with van der Waals surface area (Å²) in [5.41, 5.74) is 2.47. The van der Waals surface area contributed by atoms with Crippen molar-refractivity contribution < 1.29 is 31.5 Å². The Morgan fingerprint density at radius 2 is 1.98 bits per heavy atom. The monoisotopic (exact) mass is 567 g/mol. The molecule has 0 saturated carbocycles. The van der Waals surface area contributed by atoms with Crippen molar-refractivity contribution in [2.45, 2.75) is 32.1 Å². The molecule has 1 aliphatic rings. The Hall–Kier alpha value is -4.12. The molecule has 1 amide bonds. The van der Waals surface area contributed by atoms with Crippen LogP contribution in [0.15, 0.2) is 52.9 Å². The van der Waals surface area contributed by atoms with E-state index in [0.717, 1.165) is 11.3 Å². The highest BCUT2D eigenvalue weighted by atomic mass is 32.2. The molecule has 0 unspecified atom stereocenters. The minimum atomic E-state index is -3.74. The summed E-state index contributed by atoms with van der Waals surface area (Å²) in [6.07, 6.45) is 1.51. The Morgan fingerprint density at radius 1 is 1.20 bits per heavy atom. The minimum absolute atomic E-state index is 0.0807. The summed E-state index contributed by atoms with van der Waals surface area (Å²) in [5, 5.41) is 3.04. The van der Waals surface area contributed by atoms with E-state index >= 15 is 0 Å². The smallest absolute Gasteiger partial charge is 0.255 e. The standard InChI is InChI=1S/C29H30FN3O6S/c1-4-17-15-22-24(28(34)31-2)25(18-10-12-20(30)13-11-18)39-29(22)32-27(17)33-40(35,36)14-6-7-19-16-38-26-21(19)8-5-9-23(26)37-3/h5,8-13,15,19H,4,6-7,14,16H2,1-3H3,(H,31,34)(H,32,33)/t19-/m0/s1. The minimum Gasteiger partial charge on any atom is -0.493 e. The molecule has 2 N–H and O–H groups in total. The van der Waals surface area contributed by atoms with Crippen LogP contribution in [-0.4, -0.2) is 45.8 Å². The fourth-order valence-electron chi connectivity index (χ4n) is 4.98. The van der Waals surface area contributed by atoms with Crippen LogP contribution in [0.4, 0.5) is 10.2 Å². The summed E-state index contributed by atoms with van der Waals surface area (Å²) in [6, 6.07) is 13.0. The SMILES string of the molecule is CCc1cc2c(C(=O)NC)c(-c3ccc(F)cc3)oc2nc1NS(=O)(=O)CCC[C@H]1COc2c(OC)cccc21. The number of nitrogens with one attached hydrogen (secondary N) is 2. The first kappa shape index (κ1) is 27.4. The van der Waals surface area contributed by atoms with Gasteiger partial charge in [0.05, 0.1) is 30.4 Å². The van der Waals surface area contributed by atoms with Gasteiger partial charge in [-0.1, -0.05) is 19.1 Å². The molecule has 1 atom stereocenters. The van der Waals surface area contributed by atoms with Gasteiger partial charge in [-0.05, 0) is 61.2 Å². The van der Waals surface area contributed by atoms with E-state index in [9.17, 15) is 17.6 Å². The Kier molecular flexibility index (Phi) is 7.66. The molecule has 0 spiro atoms. The molecule has 3 heterocycles. The van der Waals surface area contributed by atoms with Crippen LogP contribution in [0.25, 0.3) is 22.4 Å². The number of hydrogen-bond acceptors (Lipinski definition) is 7. The lowest BCUT2D eigenvalue weighted by Gasteiger charge is -2.12. The second-order valence-electron chi connectivity index (χ2n) is 9.54. The van der Waals surface area contributed by atoms with Crippen LogP contribution >= 0.6 is 0 Å². The highest BCUT2D eigenvalue weighted by Gasteiger charge is 2.28. The van der Waals surface area contributed by atoms with Crippen molar-refractivity contribution in [2.24, 2.45) is 0 Å². The predicted octanol–water partition coefficient (Wildman–Crippen LogP) is 5.26. The largest absolute Gasteiger partial charge is 0.493 e. The van der Waals surface area contributed by atoms with Gasteiger partial charge >= 0.3 is 0 Å². The van der Waals surface area contributed by atoms with Crippen molar-refractivity contribution in [2.75, 3.05) is 31.2 Å². The number of carbonyl (C=O) groups excluding carboxylic acids is 1. The van der Waals surface area contributed by atoms with Crippen molar-refractivity contribution in [3.05, 3.63) is 71.0 Å². The number of pyridine rings is 1. The van der Waals surface area contributed by atoms with Crippen LogP contribution < -0.4 is 19.5 Å². The van der Waals surface area contributed by atoms with Crippen molar-refractivity contribution >= 4 is 32.8 Å². The van der Waals surface area contributed by atoms with Crippen LogP contribution in [-0.2, 0) is 16.4 Å². The Balaban J connectivity index is 1.38. The lowest BCUT2D eigenvalue weighted by Crippen LogP contribution is -2.20. The Morgan fingerprint density at radius 3 is 2.67 bits per heavy atom. The Labute approximate surface area is 231 Å². The van der Waals surface area contributed by atoms with Gasteiger partial charge in [-0.25, -0.2) is 12.8 Å². The maximum absolute atomic E-state index is 13.5. The van der Waals surface area contributed by atoms with Crippen LogP contribution in [0.1, 0.15) is 47.2 Å². The number of rotatable bonds is 10. The predicted molar refractivity (Wildman–Crippen MR) is 150 cm³/mol. The summed E-state index contributed by atoms with van der Waals surface area (Å²) in [6.45, 7) is 2.34. The van der Waals surface area contributed by atoms with Gasteiger partial charge < -0.3 is 19.2 Å². The van der Waals surface area contributed by atoms with Crippen LogP contribution in [0, 0.1) is 5.82 Å². The molecule has 5 rings (SSSR count). The lowest BCUT2D eigenvalue weighted by molar-refractivity contribution is 0.0964. The van der Waals surface area contributed by atoms with Gasteiger partial charge in [-0.2, -0.15) is 4.98 Å². The van der Waals surface area contributed by atoms with E-state index in [1.807, 2.05) is 25.1 Å². The van der Waals surface area contributed by atoms with Gasteiger partial charge in [0, 0.05) is 24.1 Å². The number of fused-ring (bicyclic) bond motifs is 2. The fourth-order valence-corrected chi connectivity index (χ4v) is 6.10. The summed E-state index contributed by atoms with van der Waals surface area (Å²) >= 11 is 0. The number of halogens is 1. The van der Waals surface area contributed by atoms with E-state index in [4.69, 9.17) is 13.9 Å². The molecule has 0 radical (unpaired) electrons. The zero-order valence-corrected chi connectivity index (χ0v) is 23.2. The number of methoxy groups -OCH3 is 1. The average molecular weight is 568 g/mol. The van der Waals surface area contributed by atoms with Gasteiger partial charge in [0.15, 0.2) is 11.5 Å². The summed E-state index contributed by atoms with van der Waals surface area (Å²) in [4.78, 5) is 17.3. The number of amides is 1. The topological polar surface area (TPSA) is 120 Å². The maximum atomic E-state index is 13.5. The molecule has 40 heavy (non-hydrogen) atoms. The number of sulfonamides is 1. The van der Waals surface area contributed by atoms with E-state index in [1.54, 1.807) is 13.2 Å². The Bertz CT molecular complexity index is 1670. The number of nitrogens with zero attached hydrogens (tertiary/aromatic N) is 1. The zero-order chi connectivity index (χ0) is 28.4. The molecule has 4 aromatic rings. The number of furan rings is 1. The van der Waals surface area contributed by atoms with Gasteiger partial charge in [0.1, 0.15) is 17.4 Å². The first-order valence-electron chi connectivity index (χ1n) is 13.0. The first-order valence-corrected chi connectivity index (χ1v) is 14.6. The van der Waals surface area contributed by atoms with Crippen molar-refractivity contribution in [3.8, 4) is 22.8 Å². The third-order valence-electron chi connectivity index (χ3n) is 7.02. The van der Waals surface area contributed by atoms with E-state index < -0.39 is 21.7 Å². The number of aromatic nitrogens is 1. The number of anilines is 1. The maximum Gasteiger partial charge on any atom is 0.255 e. The number of para-hydroxylation sites is 1. The number of carbonyl (C=O) groups is 1. The number of benzene rings is 2. The molecule has 2 aromatic carbocycles. The first-order chi connectivity index (χ1) is 19.2. The van der Waals surface area contributed by atoms with Crippen molar-refractivity contribution in [1.82, 2.24) is 10.3 Å². The summed E-state index contributed by atoms with van der Waals surface area (Å²) in [5.74, 6) is 0.917. The van der Waals surface area contributed by atoms with Crippen LogP contribution in [0.5, 0.6) is 11.5 Å². The second-order valence-corrected chi connectivity index (χ2v) is 11.4. The molecular formula is C29H30FN3O6S. The third-order valence-corrected chi connectivity index (χ3v) is 8.35. The van der Waals surface area contributed by atoms with Gasteiger partial charge in [-0.3, -0.25) is 9.52 Å². The molecule has 0 aliphatic carbocycles. The van der Waals surface area contributed by atoms with E-state index in [2.05, 4.69) is 15.0 Å². The average Bonchev–Trinajstić information content (AvgIpc) is 3.53. The van der Waals surface area contributed by atoms with E-state index in [0.29, 0.717) is 48.1 Å². The normalized spacial score (nSPS) is 14.6. The molecule has 0 saturated heterocycles. The molecule has 210 valence electrons. The quantitative estimate of drug-likeness (QED) is 0.268. The summed E-state index contributed by atoms with van der Waals surface area (Å²) < 4.78 is 59.4. The molecular weight excluding hydrogens is 537 g/mol. The summed E-state index contributed by atoms with van der Waals surface area (Å²) in [7, 11) is -0.651. The van der Waals surface area contributed by atoms with Crippen molar-refractivity contribution in [3.63, 3.8) is 0 Å². The molecule has 1 aliphatic heterocycles. The fraction of sp³-hybridized carbons (Fsp3) is 0.310. The highest BCUT2D eigenvalue weighted by Crippen LogP contribution is 2.42. The third kappa shape index (κ3) is 5.33. The highest BCUT2D eigenvalue weighted by molar-refractivity contribution is 7.92. The zero-order valence-electron chi connectivity index (χ0n) is 22.4. The molecule has 9 nitrogen and oxygen atoms in total. The van der Waals surface area contributed by atoms with Gasteiger partial charge in [-0.15, -0.1) is 0 Å². The molecule has 0 bridgehead atoms. The van der Waals surface area contributed by atoms with Gasteiger partial charge in [0.25, 0.3) is 5.91 Å². The van der Waals surface area contributed by atoms with Crippen LogP contribution in [0.2, 0.25) is 0 Å². The molecule has 11 heteroatoms. The number of aryl methyl sites for hydroxylation is 1. The second kappa shape index (κ2) is 11.2. The molecule has 0 fully saturated rings. The number of hydrogen-bond donors (Lipinski definition) is 2. The molecule has 2 aromatic heterocycles. The number of ether oxygens (including phenoxy) is 2.